The third kappa shape index (κ3) is 4.68. The van der Waals surface area contributed by atoms with Gasteiger partial charge in [0.2, 0.25) is 10.0 Å². The van der Waals surface area contributed by atoms with E-state index in [-0.39, 0.29) is 0 Å². The molecule has 0 spiro atoms. The molecular weight excluding hydrogens is 316 g/mol. The maximum Gasteiger partial charge on any atom is 0.310 e. The number of nitrogen functional groups attached to an aromatic ring is 1. The molecule has 128 valence electrons. The Bertz CT molecular complexity index is 628. The van der Waals surface area contributed by atoms with Crippen molar-refractivity contribution in [3.8, 4) is 0 Å². The van der Waals surface area contributed by atoms with E-state index in [0.717, 1.165) is 18.4 Å². The Balaban J connectivity index is 1.96. The lowest BCUT2D eigenvalue weighted by molar-refractivity contribution is -0.146. The number of sulfonamides is 1. The van der Waals surface area contributed by atoms with E-state index >= 15 is 0 Å². The quantitative estimate of drug-likeness (QED) is 0.603. The van der Waals surface area contributed by atoms with Crippen LogP contribution >= 0.6 is 0 Å². The van der Waals surface area contributed by atoms with Crippen LogP contribution in [0.4, 0.5) is 5.69 Å². The second kappa shape index (κ2) is 7.79. The molecule has 7 heteroatoms. The number of carbonyl (C=O) groups is 1. The number of carbonyl (C=O) groups excluding carboxylic acids is 1. The van der Waals surface area contributed by atoms with Crippen LogP contribution in [-0.2, 0) is 26.0 Å². The van der Waals surface area contributed by atoms with Crippen molar-refractivity contribution in [1.82, 2.24) is 4.72 Å². The van der Waals surface area contributed by atoms with Crippen LogP contribution in [0.25, 0.3) is 0 Å². The van der Waals surface area contributed by atoms with Gasteiger partial charge in [-0.3, -0.25) is 4.79 Å². The van der Waals surface area contributed by atoms with Gasteiger partial charge in [-0.15, -0.1) is 0 Å². The largest absolute Gasteiger partial charge is 0.469 e. The predicted octanol–water partition coefficient (Wildman–Crippen LogP) is 1.46. The molecule has 0 radical (unpaired) electrons. The molecule has 23 heavy (non-hydrogen) atoms. The van der Waals surface area contributed by atoms with Crippen molar-refractivity contribution >= 4 is 21.7 Å². The average molecular weight is 340 g/mol. The first-order chi connectivity index (χ1) is 10.9. The molecule has 0 bridgehead atoms. The van der Waals surface area contributed by atoms with Gasteiger partial charge in [-0.25, -0.2) is 13.1 Å². The number of rotatable bonds is 6. The molecule has 1 aliphatic rings. The highest BCUT2D eigenvalue weighted by atomic mass is 32.2. The third-order valence-electron chi connectivity index (χ3n) is 4.30. The van der Waals surface area contributed by atoms with Gasteiger partial charge >= 0.3 is 5.97 Å². The minimum Gasteiger partial charge on any atom is -0.469 e. The molecule has 1 aliphatic carbocycles. The summed E-state index contributed by atoms with van der Waals surface area (Å²) in [6.07, 6.45) is 3.32. The molecular formula is C16H24N2O4S. The highest BCUT2D eigenvalue weighted by Crippen LogP contribution is 2.30. The Morgan fingerprint density at radius 1 is 1.26 bits per heavy atom. The Morgan fingerprint density at radius 2 is 1.91 bits per heavy atom. The molecule has 1 aromatic rings. The average Bonchev–Trinajstić information content (AvgIpc) is 2.56. The van der Waals surface area contributed by atoms with Gasteiger partial charge in [0.25, 0.3) is 0 Å². The Morgan fingerprint density at radius 3 is 2.57 bits per heavy atom. The van der Waals surface area contributed by atoms with Gasteiger partial charge in [0.15, 0.2) is 0 Å². The van der Waals surface area contributed by atoms with Crippen LogP contribution in [0.15, 0.2) is 24.3 Å². The first-order valence-electron chi connectivity index (χ1n) is 7.85. The fraction of sp³-hybridized carbons (Fsp3) is 0.562. The molecule has 0 aliphatic heterocycles. The molecule has 3 N–H and O–H groups in total. The zero-order chi connectivity index (χ0) is 16.9. The van der Waals surface area contributed by atoms with E-state index in [4.69, 9.17) is 10.5 Å². The number of anilines is 1. The molecule has 2 atom stereocenters. The number of hydrogen-bond donors (Lipinski definition) is 2. The number of methoxy groups -OCH3 is 1. The molecule has 6 nitrogen and oxygen atoms in total. The standard InChI is InChI=1S/C16H24N2O4S/c1-22-16(19)14-4-2-3-5-15(14)23(20,21)18-11-10-12-6-8-13(17)9-7-12/h6-9,14-15,18H,2-5,10-11,17H2,1H3/t14-,15+/m0/s1. The highest BCUT2D eigenvalue weighted by molar-refractivity contribution is 7.90. The molecule has 0 aromatic heterocycles. The topological polar surface area (TPSA) is 98.5 Å². The van der Waals surface area contributed by atoms with Gasteiger partial charge in [-0.05, 0) is 37.0 Å². The Hall–Kier alpha value is -1.60. The molecule has 1 aromatic carbocycles. The zero-order valence-corrected chi connectivity index (χ0v) is 14.1. The minimum absolute atomic E-state index is 0.302. The number of hydrogen-bond acceptors (Lipinski definition) is 5. The van der Waals surface area contributed by atoms with Gasteiger partial charge < -0.3 is 10.5 Å². The lowest BCUT2D eigenvalue weighted by Crippen LogP contribution is -2.44. The molecule has 0 unspecified atom stereocenters. The summed E-state index contributed by atoms with van der Waals surface area (Å²) in [5, 5.41) is -0.699. The van der Waals surface area contributed by atoms with Crippen LogP contribution < -0.4 is 10.5 Å². The van der Waals surface area contributed by atoms with Crippen molar-refractivity contribution in [2.24, 2.45) is 5.92 Å². The van der Waals surface area contributed by atoms with Crippen LogP contribution in [0.3, 0.4) is 0 Å². The number of nitrogens with one attached hydrogen (secondary N) is 1. The summed E-state index contributed by atoms with van der Waals surface area (Å²) in [5.74, 6) is -0.999. The fourth-order valence-electron chi connectivity index (χ4n) is 3.02. The summed E-state index contributed by atoms with van der Waals surface area (Å²) in [4.78, 5) is 11.8. The SMILES string of the molecule is COC(=O)[C@H]1CCCC[C@H]1S(=O)(=O)NCCc1ccc(N)cc1. The summed E-state index contributed by atoms with van der Waals surface area (Å²) in [6, 6.07) is 7.33. The summed E-state index contributed by atoms with van der Waals surface area (Å²) in [5.41, 5.74) is 7.31. The normalized spacial score (nSPS) is 21.8. The second-order valence-corrected chi connectivity index (χ2v) is 7.87. The monoisotopic (exact) mass is 340 g/mol. The minimum atomic E-state index is -3.54. The van der Waals surface area contributed by atoms with Crippen molar-refractivity contribution in [1.29, 1.82) is 0 Å². The van der Waals surface area contributed by atoms with E-state index in [2.05, 4.69) is 4.72 Å². The second-order valence-electron chi connectivity index (χ2n) is 5.88. The first-order valence-corrected chi connectivity index (χ1v) is 9.39. The summed E-state index contributed by atoms with van der Waals surface area (Å²) in [6.45, 7) is 0.302. The summed E-state index contributed by atoms with van der Waals surface area (Å²) >= 11 is 0. The van der Waals surface area contributed by atoms with Crippen molar-refractivity contribution in [3.63, 3.8) is 0 Å². The summed E-state index contributed by atoms with van der Waals surface area (Å²) < 4.78 is 32.4. The number of benzene rings is 1. The van der Waals surface area contributed by atoms with Crippen molar-refractivity contribution in [2.45, 2.75) is 37.4 Å². The Labute approximate surface area is 137 Å². The van der Waals surface area contributed by atoms with E-state index in [0.29, 0.717) is 31.5 Å². The van der Waals surface area contributed by atoms with Crippen LogP contribution in [0.5, 0.6) is 0 Å². The van der Waals surface area contributed by atoms with Gasteiger partial charge in [-0.1, -0.05) is 25.0 Å². The van der Waals surface area contributed by atoms with E-state index in [9.17, 15) is 13.2 Å². The highest BCUT2D eigenvalue weighted by Gasteiger charge is 2.39. The van der Waals surface area contributed by atoms with Gasteiger partial charge in [0, 0.05) is 12.2 Å². The smallest absolute Gasteiger partial charge is 0.310 e. The zero-order valence-electron chi connectivity index (χ0n) is 13.3. The van der Waals surface area contributed by atoms with Crippen molar-refractivity contribution in [2.75, 3.05) is 19.4 Å². The summed E-state index contributed by atoms with van der Waals surface area (Å²) in [7, 11) is -2.24. The van der Waals surface area contributed by atoms with E-state index in [1.165, 1.54) is 7.11 Å². The van der Waals surface area contributed by atoms with Crippen molar-refractivity contribution in [3.05, 3.63) is 29.8 Å². The third-order valence-corrected chi connectivity index (χ3v) is 6.27. The first kappa shape index (κ1) is 17.7. The lowest BCUT2D eigenvalue weighted by Gasteiger charge is -2.29. The van der Waals surface area contributed by atoms with Crippen LogP contribution in [0, 0.1) is 5.92 Å². The maximum atomic E-state index is 12.5. The molecule has 2 rings (SSSR count). The van der Waals surface area contributed by atoms with E-state index in [1.807, 2.05) is 12.1 Å². The molecule has 0 heterocycles. The number of ether oxygens (including phenoxy) is 1. The molecule has 0 amide bonds. The van der Waals surface area contributed by atoms with Crippen LogP contribution in [0.2, 0.25) is 0 Å². The Kier molecular flexibility index (Phi) is 6.01. The number of esters is 1. The van der Waals surface area contributed by atoms with Crippen LogP contribution in [-0.4, -0.2) is 33.3 Å². The number of nitrogens with two attached hydrogens (primary N) is 1. The van der Waals surface area contributed by atoms with Crippen molar-refractivity contribution < 1.29 is 17.9 Å². The maximum absolute atomic E-state index is 12.5. The van der Waals surface area contributed by atoms with Gasteiger partial charge in [0.05, 0.1) is 18.3 Å². The predicted molar refractivity (Wildman–Crippen MR) is 89.2 cm³/mol. The van der Waals surface area contributed by atoms with E-state index < -0.39 is 27.2 Å². The molecule has 1 fully saturated rings. The van der Waals surface area contributed by atoms with E-state index in [1.54, 1.807) is 12.1 Å². The molecule has 1 saturated carbocycles. The fourth-order valence-corrected chi connectivity index (χ4v) is 4.78. The lowest BCUT2D eigenvalue weighted by atomic mass is 9.89. The van der Waals surface area contributed by atoms with Gasteiger partial charge in [0.1, 0.15) is 0 Å². The van der Waals surface area contributed by atoms with Gasteiger partial charge in [-0.2, -0.15) is 0 Å². The van der Waals surface area contributed by atoms with Crippen LogP contribution in [0.1, 0.15) is 31.2 Å². The molecule has 0 saturated heterocycles.